The summed E-state index contributed by atoms with van der Waals surface area (Å²) in [6, 6.07) is 8.38. The van der Waals surface area contributed by atoms with E-state index in [1.54, 1.807) is 7.11 Å². The fourth-order valence-corrected chi connectivity index (χ4v) is 6.87. The van der Waals surface area contributed by atoms with Gasteiger partial charge in [0, 0.05) is 19.6 Å². The highest BCUT2D eigenvalue weighted by atomic mass is 35.5. The van der Waals surface area contributed by atoms with Crippen molar-refractivity contribution in [3.05, 3.63) is 29.8 Å². The molecular weight excluding hydrogens is 384 g/mol. The summed E-state index contributed by atoms with van der Waals surface area (Å²) in [6.45, 7) is 4.21. The van der Waals surface area contributed by atoms with Gasteiger partial charge in [0.1, 0.15) is 5.75 Å². The number of benzene rings is 1. The number of hydrogen-bond acceptors (Lipinski definition) is 3. The zero-order valence-corrected chi connectivity index (χ0v) is 18.4. The van der Waals surface area contributed by atoms with E-state index < -0.39 is 0 Å². The number of carbonyl (C=O) groups is 1. The zero-order chi connectivity index (χ0) is 19.2. The van der Waals surface area contributed by atoms with Gasteiger partial charge in [0.15, 0.2) is 0 Å². The average Bonchev–Trinajstić information content (AvgIpc) is 3.45. The van der Waals surface area contributed by atoms with E-state index in [0.717, 1.165) is 50.7 Å². The van der Waals surface area contributed by atoms with Crippen molar-refractivity contribution in [3.63, 3.8) is 0 Å². The van der Waals surface area contributed by atoms with Crippen molar-refractivity contribution in [3.8, 4) is 5.75 Å². The van der Waals surface area contributed by atoms with Gasteiger partial charge in [-0.1, -0.05) is 18.6 Å². The molecule has 5 heteroatoms. The van der Waals surface area contributed by atoms with E-state index in [1.165, 1.54) is 44.1 Å². The van der Waals surface area contributed by atoms with Gasteiger partial charge in [-0.15, -0.1) is 12.4 Å². The van der Waals surface area contributed by atoms with Crippen LogP contribution in [-0.2, 0) is 11.2 Å². The lowest BCUT2D eigenvalue weighted by molar-refractivity contribution is -0.148. The van der Waals surface area contributed by atoms with E-state index in [1.807, 2.05) is 6.07 Å². The second-order valence-corrected chi connectivity index (χ2v) is 9.98. The molecule has 2 saturated carbocycles. The molecule has 3 unspecified atom stereocenters. The van der Waals surface area contributed by atoms with Crippen molar-refractivity contribution in [2.45, 2.75) is 51.4 Å². The van der Waals surface area contributed by atoms with Crippen LogP contribution in [0.5, 0.6) is 5.75 Å². The Labute approximate surface area is 181 Å². The maximum Gasteiger partial charge on any atom is 0.229 e. The third-order valence-corrected chi connectivity index (χ3v) is 8.50. The lowest BCUT2D eigenvalue weighted by Gasteiger charge is -2.45. The number of likely N-dealkylation sites (tertiary alicyclic amines) is 1. The summed E-state index contributed by atoms with van der Waals surface area (Å²) in [6.07, 6.45) is 9.44. The molecule has 3 atom stereocenters. The Hall–Kier alpha value is -1.26. The number of amides is 1. The van der Waals surface area contributed by atoms with Gasteiger partial charge in [-0.3, -0.25) is 4.79 Å². The molecule has 1 spiro atoms. The monoisotopic (exact) mass is 418 g/mol. The molecule has 1 amide bonds. The number of fused-ring (bicyclic) bond motifs is 2. The number of carbonyl (C=O) groups excluding carboxylic acids is 1. The number of rotatable bonds is 4. The minimum atomic E-state index is -0.173. The van der Waals surface area contributed by atoms with Gasteiger partial charge in [-0.05, 0) is 86.4 Å². The van der Waals surface area contributed by atoms with Gasteiger partial charge in [0.05, 0.1) is 12.5 Å². The smallest absolute Gasteiger partial charge is 0.229 e. The fourth-order valence-electron chi connectivity index (χ4n) is 6.87. The Bertz CT molecular complexity index is 738. The van der Waals surface area contributed by atoms with Crippen molar-refractivity contribution < 1.29 is 9.53 Å². The van der Waals surface area contributed by atoms with Crippen molar-refractivity contribution in [2.75, 3.05) is 33.3 Å². The Morgan fingerprint density at radius 1 is 1.24 bits per heavy atom. The predicted octanol–water partition coefficient (Wildman–Crippen LogP) is 4.07. The molecule has 1 aromatic carbocycles. The van der Waals surface area contributed by atoms with E-state index in [2.05, 4.69) is 28.4 Å². The number of methoxy groups -OCH3 is 1. The molecule has 2 aliphatic heterocycles. The second-order valence-electron chi connectivity index (χ2n) is 9.98. The summed E-state index contributed by atoms with van der Waals surface area (Å²) in [4.78, 5) is 16.2. The third-order valence-electron chi connectivity index (χ3n) is 8.50. The first kappa shape index (κ1) is 21.0. The molecule has 0 radical (unpaired) electrons. The standard InChI is InChI=1S/C24H34N2O2.ClH/c1-28-21-4-2-3-18(14-21)15-24(16-19-5-6-20(24)13-19)22(27)26-11-8-23(9-12-26)7-10-25-17-23;/h2-4,14,19-20,25H,5-13,15-17H2,1H3;1H. The third kappa shape index (κ3) is 3.67. The van der Waals surface area contributed by atoms with Crippen LogP contribution in [-0.4, -0.2) is 44.1 Å². The van der Waals surface area contributed by atoms with Gasteiger partial charge in [-0.2, -0.15) is 0 Å². The second kappa shape index (κ2) is 8.11. The maximum absolute atomic E-state index is 14.0. The van der Waals surface area contributed by atoms with Gasteiger partial charge in [0.2, 0.25) is 5.91 Å². The van der Waals surface area contributed by atoms with E-state index in [4.69, 9.17) is 4.74 Å². The minimum absolute atomic E-state index is 0. The highest BCUT2D eigenvalue weighted by Gasteiger charge is 2.56. The number of nitrogens with zero attached hydrogens (tertiary/aromatic N) is 1. The molecule has 1 N–H and O–H groups in total. The predicted molar refractivity (Wildman–Crippen MR) is 118 cm³/mol. The summed E-state index contributed by atoms with van der Waals surface area (Å²) in [5.74, 6) is 2.69. The topological polar surface area (TPSA) is 41.6 Å². The van der Waals surface area contributed by atoms with Gasteiger partial charge in [0.25, 0.3) is 0 Å². The van der Waals surface area contributed by atoms with Crippen LogP contribution >= 0.6 is 12.4 Å². The normalized spacial score (nSPS) is 32.4. The van der Waals surface area contributed by atoms with Gasteiger partial charge >= 0.3 is 0 Å². The summed E-state index contributed by atoms with van der Waals surface area (Å²) in [5, 5.41) is 3.54. The van der Waals surface area contributed by atoms with Crippen LogP contribution in [0.3, 0.4) is 0 Å². The largest absolute Gasteiger partial charge is 0.497 e. The Balaban J connectivity index is 0.00000205. The van der Waals surface area contributed by atoms with Crippen molar-refractivity contribution in [1.82, 2.24) is 10.2 Å². The first-order chi connectivity index (χ1) is 13.6. The molecule has 4 nitrogen and oxygen atoms in total. The van der Waals surface area contributed by atoms with Crippen LogP contribution in [0.1, 0.15) is 50.5 Å². The molecular formula is C24H35ClN2O2. The van der Waals surface area contributed by atoms with Crippen LogP contribution in [0.15, 0.2) is 24.3 Å². The fraction of sp³-hybridized carbons (Fsp3) is 0.708. The summed E-state index contributed by atoms with van der Waals surface area (Å²) in [5.41, 5.74) is 1.55. The molecule has 29 heavy (non-hydrogen) atoms. The number of halogens is 1. The molecule has 0 aromatic heterocycles. The first-order valence-electron chi connectivity index (χ1n) is 11.3. The van der Waals surface area contributed by atoms with E-state index >= 15 is 0 Å². The Morgan fingerprint density at radius 3 is 2.69 bits per heavy atom. The zero-order valence-electron chi connectivity index (χ0n) is 17.6. The van der Waals surface area contributed by atoms with Gasteiger partial charge < -0.3 is 15.0 Å². The van der Waals surface area contributed by atoms with E-state index in [0.29, 0.717) is 17.2 Å². The maximum atomic E-state index is 14.0. The van der Waals surface area contributed by atoms with Crippen molar-refractivity contribution in [2.24, 2.45) is 22.7 Å². The van der Waals surface area contributed by atoms with Crippen LogP contribution in [0, 0.1) is 22.7 Å². The molecule has 2 saturated heterocycles. The van der Waals surface area contributed by atoms with E-state index in [9.17, 15) is 4.79 Å². The Morgan fingerprint density at radius 2 is 2.07 bits per heavy atom. The molecule has 2 aliphatic carbocycles. The highest BCUT2D eigenvalue weighted by Crippen LogP contribution is 2.58. The molecule has 2 heterocycles. The van der Waals surface area contributed by atoms with E-state index in [-0.39, 0.29) is 17.8 Å². The van der Waals surface area contributed by atoms with Gasteiger partial charge in [-0.25, -0.2) is 0 Å². The molecule has 1 aromatic rings. The summed E-state index contributed by atoms with van der Waals surface area (Å²) < 4.78 is 5.44. The molecule has 5 rings (SSSR count). The minimum Gasteiger partial charge on any atom is -0.497 e. The van der Waals surface area contributed by atoms with Crippen LogP contribution in [0.25, 0.3) is 0 Å². The number of piperidine rings is 1. The van der Waals surface area contributed by atoms with Crippen molar-refractivity contribution in [1.29, 1.82) is 0 Å². The number of ether oxygens (including phenoxy) is 1. The molecule has 2 bridgehead atoms. The SMILES string of the molecule is COc1cccc(CC2(C(=O)N3CCC4(CCNC4)CC3)CC3CCC2C3)c1.Cl. The quantitative estimate of drug-likeness (QED) is 0.801. The van der Waals surface area contributed by atoms with Crippen LogP contribution in [0.4, 0.5) is 0 Å². The van der Waals surface area contributed by atoms with Crippen LogP contribution < -0.4 is 10.1 Å². The lowest BCUT2D eigenvalue weighted by atomic mass is 9.67. The summed E-state index contributed by atoms with van der Waals surface area (Å²) >= 11 is 0. The molecule has 4 aliphatic rings. The summed E-state index contributed by atoms with van der Waals surface area (Å²) in [7, 11) is 1.72. The molecule has 4 fully saturated rings. The van der Waals surface area contributed by atoms with Crippen molar-refractivity contribution >= 4 is 18.3 Å². The number of hydrogen-bond donors (Lipinski definition) is 1. The lowest BCUT2D eigenvalue weighted by Crippen LogP contribution is -2.52. The Kier molecular flexibility index (Phi) is 5.87. The first-order valence-corrected chi connectivity index (χ1v) is 11.3. The highest BCUT2D eigenvalue weighted by molar-refractivity contribution is 5.85. The number of nitrogens with one attached hydrogen (secondary N) is 1. The average molecular weight is 419 g/mol. The van der Waals surface area contributed by atoms with Crippen LogP contribution in [0.2, 0.25) is 0 Å². The molecule has 160 valence electrons.